The molecule has 0 unspecified atom stereocenters. The van der Waals surface area contributed by atoms with Crippen LogP contribution in [0, 0.1) is 0 Å². The van der Waals surface area contributed by atoms with Gasteiger partial charge in [0, 0.05) is 18.7 Å². The van der Waals surface area contributed by atoms with Gasteiger partial charge >= 0.3 is 0 Å². The molecule has 28 heavy (non-hydrogen) atoms. The van der Waals surface area contributed by atoms with Crippen LogP contribution in [0.15, 0.2) is 42.5 Å². The molecule has 3 heteroatoms. The van der Waals surface area contributed by atoms with Gasteiger partial charge in [0.15, 0.2) is 0 Å². The molecule has 1 aliphatic rings. The van der Waals surface area contributed by atoms with Gasteiger partial charge in [0.1, 0.15) is 0 Å². The Hall–Kier alpha value is -2.13. The van der Waals surface area contributed by atoms with E-state index in [1.807, 2.05) is 12.1 Å². The molecule has 0 aliphatic carbocycles. The first-order chi connectivity index (χ1) is 13.7. The average Bonchev–Trinajstić information content (AvgIpc) is 3.01. The number of carbonyl (C=O) groups is 1. The summed E-state index contributed by atoms with van der Waals surface area (Å²) >= 11 is 0. The Balaban J connectivity index is 1.57. The maximum atomic E-state index is 12.6. The first-order valence-electron chi connectivity index (χ1n) is 10.9. The van der Waals surface area contributed by atoms with E-state index in [2.05, 4.69) is 54.4 Å². The highest BCUT2D eigenvalue weighted by Gasteiger charge is 2.11. The summed E-state index contributed by atoms with van der Waals surface area (Å²) in [7, 11) is 0. The highest BCUT2D eigenvalue weighted by molar-refractivity contribution is 5.94. The molecule has 2 aromatic carbocycles. The van der Waals surface area contributed by atoms with Gasteiger partial charge in [0.25, 0.3) is 5.91 Å². The van der Waals surface area contributed by atoms with E-state index in [1.54, 1.807) is 0 Å². The Morgan fingerprint density at radius 3 is 2.18 bits per heavy atom. The van der Waals surface area contributed by atoms with Crippen LogP contribution < -0.4 is 5.32 Å². The molecule has 1 saturated heterocycles. The molecule has 1 fully saturated rings. The van der Waals surface area contributed by atoms with Crippen LogP contribution in [0.2, 0.25) is 0 Å². The second-order valence-corrected chi connectivity index (χ2v) is 7.88. The van der Waals surface area contributed by atoms with Gasteiger partial charge in [-0.25, -0.2) is 0 Å². The van der Waals surface area contributed by atoms with Crippen molar-refractivity contribution in [2.24, 2.45) is 0 Å². The number of carbonyl (C=O) groups excluding carboxylic acids is 1. The molecule has 0 bridgehead atoms. The second kappa shape index (κ2) is 10.4. The quantitative estimate of drug-likeness (QED) is 0.725. The molecule has 0 atom stereocenters. The van der Waals surface area contributed by atoms with E-state index in [0.29, 0.717) is 6.54 Å². The molecule has 3 rings (SSSR count). The Morgan fingerprint density at radius 1 is 0.857 bits per heavy atom. The van der Waals surface area contributed by atoms with Gasteiger partial charge < -0.3 is 5.32 Å². The van der Waals surface area contributed by atoms with Crippen LogP contribution in [-0.2, 0) is 25.9 Å². The maximum Gasteiger partial charge on any atom is 0.251 e. The summed E-state index contributed by atoms with van der Waals surface area (Å²) in [6.07, 6.45) is 7.33. The summed E-state index contributed by atoms with van der Waals surface area (Å²) in [6, 6.07) is 14.7. The SMILES string of the molecule is CCc1ccc(CC)c(CNC(=O)c2ccc(CN3CCCCCC3)cc2)c1. The number of amides is 1. The second-order valence-electron chi connectivity index (χ2n) is 7.88. The molecule has 3 nitrogen and oxygen atoms in total. The summed E-state index contributed by atoms with van der Waals surface area (Å²) < 4.78 is 0. The third-order valence-electron chi connectivity index (χ3n) is 5.82. The fourth-order valence-corrected chi connectivity index (χ4v) is 4.00. The lowest BCUT2D eigenvalue weighted by Crippen LogP contribution is -2.25. The van der Waals surface area contributed by atoms with Gasteiger partial charge in [0.2, 0.25) is 0 Å². The summed E-state index contributed by atoms with van der Waals surface area (Å²) in [6.45, 7) is 8.29. The van der Waals surface area contributed by atoms with E-state index in [0.717, 1.165) is 24.9 Å². The van der Waals surface area contributed by atoms with Crippen molar-refractivity contribution in [1.29, 1.82) is 0 Å². The number of hydrogen-bond acceptors (Lipinski definition) is 2. The first-order valence-corrected chi connectivity index (χ1v) is 10.9. The van der Waals surface area contributed by atoms with Crippen molar-refractivity contribution in [2.75, 3.05) is 13.1 Å². The molecule has 0 aromatic heterocycles. The molecule has 1 amide bonds. The molecule has 1 heterocycles. The Labute approximate surface area is 170 Å². The lowest BCUT2D eigenvalue weighted by atomic mass is 10.0. The van der Waals surface area contributed by atoms with Crippen molar-refractivity contribution in [3.63, 3.8) is 0 Å². The molecule has 1 N–H and O–H groups in total. The van der Waals surface area contributed by atoms with Crippen molar-refractivity contribution in [2.45, 2.75) is 65.5 Å². The van der Waals surface area contributed by atoms with Gasteiger partial charge in [-0.1, -0.05) is 57.0 Å². The number of nitrogens with one attached hydrogen (secondary N) is 1. The third-order valence-corrected chi connectivity index (χ3v) is 5.82. The molecule has 1 aliphatic heterocycles. The van der Waals surface area contributed by atoms with Crippen LogP contribution in [0.5, 0.6) is 0 Å². The summed E-state index contributed by atoms with van der Waals surface area (Å²) in [5, 5.41) is 3.10. The molecule has 0 saturated carbocycles. The minimum atomic E-state index is 0.00489. The standard InChI is InChI=1S/C25H34N2O/c1-3-20-9-12-22(4-2)24(17-20)18-26-25(28)23-13-10-21(11-14-23)19-27-15-7-5-6-8-16-27/h9-14,17H,3-8,15-16,18-19H2,1-2H3,(H,26,28). The molecular formula is C25H34N2O. The average molecular weight is 379 g/mol. The highest BCUT2D eigenvalue weighted by Crippen LogP contribution is 2.15. The van der Waals surface area contributed by atoms with Gasteiger partial charge in [0.05, 0.1) is 0 Å². The van der Waals surface area contributed by atoms with Crippen molar-refractivity contribution in [1.82, 2.24) is 10.2 Å². The molecule has 0 spiro atoms. The van der Waals surface area contributed by atoms with Crippen LogP contribution in [0.3, 0.4) is 0 Å². The summed E-state index contributed by atoms with van der Waals surface area (Å²) in [5.74, 6) is 0.00489. The van der Waals surface area contributed by atoms with E-state index in [9.17, 15) is 4.79 Å². The number of likely N-dealkylation sites (tertiary alicyclic amines) is 1. The van der Waals surface area contributed by atoms with E-state index < -0.39 is 0 Å². The Bertz CT molecular complexity index is 759. The lowest BCUT2D eigenvalue weighted by molar-refractivity contribution is 0.0951. The molecule has 2 aromatic rings. The minimum absolute atomic E-state index is 0.00489. The van der Waals surface area contributed by atoms with Crippen molar-refractivity contribution < 1.29 is 4.79 Å². The third kappa shape index (κ3) is 5.68. The minimum Gasteiger partial charge on any atom is -0.348 e. The number of rotatable bonds is 7. The topological polar surface area (TPSA) is 32.3 Å². The van der Waals surface area contributed by atoms with Gasteiger partial charge in [-0.05, 0) is 73.2 Å². The molecule has 0 radical (unpaired) electrons. The zero-order valence-electron chi connectivity index (χ0n) is 17.5. The van der Waals surface area contributed by atoms with E-state index in [4.69, 9.17) is 0 Å². The zero-order chi connectivity index (χ0) is 19.8. The predicted octanol–water partition coefficient (Wildman–Crippen LogP) is 5.12. The number of hydrogen-bond donors (Lipinski definition) is 1. The summed E-state index contributed by atoms with van der Waals surface area (Å²) in [5.41, 5.74) is 5.89. The monoisotopic (exact) mass is 378 g/mol. The van der Waals surface area contributed by atoms with E-state index in [-0.39, 0.29) is 5.91 Å². The smallest absolute Gasteiger partial charge is 0.251 e. The van der Waals surface area contributed by atoms with E-state index >= 15 is 0 Å². The van der Waals surface area contributed by atoms with Crippen LogP contribution in [-0.4, -0.2) is 23.9 Å². The van der Waals surface area contributed by atoms with Gasteiger partial charge in [-0.3, -0.25) is 9.69 Å². The molecular weight excluding hydrogens is 344 g/mol. The van der Waals surface area contributed by atoms with Crippen LogP contribution in [0.1, 0.15) is 72.1 Å². The van der Waals surface area contributed by atoms with Crippen LogP contribution in [0.25, 0.3) is 0 Å². The number of benzene rings is 2. The predicted molar refractivity (Wildman–Crippen MR) is 117 cm³/mol. The van der Waals surface area contributed by atoms with E-state index in [1.165, 1.54) is 61.0 Å². The number of nitrogens with zero attached hydrogens (tertiary/aromatic N) is 1. The highest BCUT2D eigenvalue weighted by atomic mass is 16.1. The Morgan fingerprint density at radius 2 is 1.54 bits per heavy atom. The largest absolute Gasteiger partial charge is 0.348 e. The maximum absolute atomic E-state index is 12.6. The van der Waals surface area contributed by atoms with Crippen molar-refractivity contribution in [3.05, 3.63) is 70.3 Å². The Kier molecular flexibility index (Phi) is 7.67. The van der Waals surface area contributed by atoms with Crippen molar-refractivity contribution in [3.8, 4) is 0 Å². The fraction of sp³-hybridized carbons (Fsp3) is 0.480. The summed E-state index contributed by atoms with van der Waals surface area (Å²) in [4.78, 5) is 15.1. The fourth-order valence-electron chi connectivity index (χ4n) is 4.00. The van der Waals surface area contributed by atoms with Crippen LogP contribution in [0.4, 0.5) is 0 Å². The lowest BCUT2D eigenvalue weighted by Gasteiger charge is -2.19. The van der Waals surface area contributed by atoms with Crippen LogP contribution >= 0.6 is 0 Å². The zero-order valence-corrected chi connectivity index (χ0v) is 17.5. The normalized spacial score (nSPS) is 15.2. The van der Waals surface area contributed by atoms with Crippen molar-refractivity contribution >= 4 is 5.91 Å². The van der Waals surface area contributed by atoms with Gasteiger partial charge in [-0.2, -0.15) is 0 Å². The van der Waals surface area contributed by atoms with Gasteiger partial charge in [-0.15, -0.1) is 0 Å². The first kappa shape index (κ1) is 20.6. The molecule has 150 valence electrons. The number of aryl methyl sites for hydroxylation is 2.